The summed E-state index contributed by atoms with van der Waals surface area (Å²) in [5.41, 5.74) is 9.64. The van der Waals surface area contributed by atoms with Crippen LogP contribution >= 0.6 is 15.9 Å². The van der Waals surface area contributed by atoms with E-state index in [0.717, 1.165) is 32.8 Å². The van der Waals surface area contributed by atoms with Crippen LogP contribution < -0.4 is 20.3 Å². The highest BCUT2D eigenvalue weighted by Gasteiger charge is 2.07. The highest BCUT2D eigenvalue weighted by Crippen LogP contribution is 2.29. The van der Waals surface area contributed by atoms with Crippen LogP contribution in [-0.2, 0) is 13.2 Å². The molecule has 0 aromatic heterocycles. The highest BCUT2D eigenvalue weighted by atomic mass is 79.9. The lowest BCUT2D eigenvalue weighted by Crippen LogP contribution is -2.20. The van der Waals surface area contributed by atoms with Gasteiger partial charge in [-0.1, -0.05) is 52.3 Å². The molecule has 3 aromatic rings. The van der Waals surface area contributed by atoms with Crippen molar-refractivity contribution in [3.05, 3.63) is 88.4 Å². The Hall–Kier alpha value is -2.50. The summed E-state index contributed by atoms with van der Waals surface area (Å²) in [6.07, 6.45) is 0. The van der Waals surface area contributed by atoms with Crippen LogP contribution in [0.5, 0.6) is 11.5 Å². The third-order valence-electron chi connectivity index (χ3n) is 3.89. The molecule has 27 heavy (non-hydrogen) atoms. The van der Waals surface area contributed by atoms with Gasteiger partial charge in [0.1, 0.15) is 6.61 Å². The zero-order valence-electron chi connectivity index (χ0n) is 15.2. The van der Waals surface area contributed by atoms with Gasteiger partial charge in [-0.2, -0.15) is 0 Å². The lowest BCUT2D eigenvalue weighted by Gasteiger charge is -2.14. The predicted molar refractivity (Wildman–Crippen MR) is 113 cm³/mol. The Kier molecular flexibility index (Phi) is 7.13. The number of para-hydroxylation sites is 1. The van der Waals surface area contributed by atoms with Crippen LogP contribution in [0.25, 0.3) is 0 Å². The van der Waals surface area contributed by atoms with Crippen LogP contribution in [0.1, 0.15) is 18.1 Å². The molecule has 0 heterocycles. The molecule has 2 N–H and O–H groups in total. The first-order valence-electron chi connectivity index (χ1n) is 8.91. The number of anilines is 1. The number of rotatable bonds is 9. The van der Waals surface area contributed by atoms with Crippen molar-refractivity contribution in [2.45, 2.75) is 20.1 Å². The summed E-state index contributed by atoms with van der Waals surface area (Å²) in [6.45, 7) is 3.72. The van der Waals surface area contributed by atoms with Crippen LogP contribution in [0.3, 0.4) is 0 Å². The van der Waals surface area contributed by atoms with Crippen molar-refractivity contribution in [2.75, 3.05) is 12.0 Å². The molecule has 0 unspecified atom stereocenters. The van der Waals surface area contributed by atoms with Crippen molar-refractivity contribution in [3.8, 4) is 11.5 Å². The average Bonchev–Trinajstić information content (AvgIpc) is 2.68. The number of ether oxygens (including phenoxy) is 2. The Morgan fingerprint density at radius 2 is 1.67 bits per heavy atom. The fraction of sp³-hybridized carbons (Fsp3) is 0.182. The molecular formula is C22H23BrN2O2. The average molecular weight is 427 g/mol. The molecule has 0 aliphatic rings. The normalized spacial score (nSPS) is 10.4. The van der Waals surface area contributed by atoms with Gasteiger partial charge in [-0.25, -0.2) is 5.43 Å². The van der Waals surface area contributed by atoms with E-state index in [4.69, 9.17) is 9.47 Å². The molecule has 4 nitrogen and oxygen atoms in total. The van der Waals surface area contributed by atoms with Crippen molar-refractivity contribution >= 4 is 21.6 Å². The van der Waals surface area contributed by atoms with E-state index in [1.165, 1.54) is 0 Å². The Balaban J connectivity index is 1.61. The van der Waals surface area contributed by atoms with Crippen molar-refractivity contribution in [1.82, 2.24) is 5.43 Å². The molecule has 0 atom stereocenters. The number of hydrogen-bond donors (Lipinski definition) is 2. The molecular weight excluding hydrogens is 404 g/mol. The van der Waals surface area contributed by atoms with Crippen molar-refractivity contribution < 1.29 is 9.47 Å². The van der Waals surface area contributed by atoms with Gasteiger partial charge in [-0.05, 0) is 54.4 Å². The van der Waals surface area contributed by atoms with E-state index < -0.39 is 0 Å². The fourth-order valence-electron chi connectivity index (χ4n) is 2.61. The number of nitrogens with one attached hydrogen (secondary N) is 2. The summed E-state index contributed by atoms with van der Waals surface area (Å²) >= 11 is 3.48. The Bertz CT molecular complexity index is 856. The lowest BCUT2D eigenvalue weighted by molar-refractivity contribution is 0.269. The van der Waals surface area contributed by atoms with Crippen LogP contribution in [0.2, 0.25) is 0 Å². The summed E-state index contributed by atoms with van der Waals surface area (Å²) in [4.78, 5) is 0. The van der Waals surface area contributed by atoms with E-state index in [1.807, 2.05) is 79.7 Å². The second-order valence-corrected chi connectivity index (χ2v) is 6.89. The SMILES string of the molecule is CCOc1cc(CNNc2ccccc2)ccc1OCc1cccc(Br)c1. The van der Waals surface area contributed by atoms with Crippen molar-refractivity contribution in [3.63, 3.8) is 0 Å². The largest absolute Gasteiger partial charge is 0.490 e. The van der Waals surface area contributed by atoms with E-state index in [0.29, 0.717) is 19.8 Å². The Labute approximate surface area is 168 Å². The van der Waals surface area contributed by atoms with Crippen molar-refractivity contribution in [1.29, 1.82) is 0 Å². The first kappa shape index (κ1) is 19.3. The van der Waals surface area contributed by atoms with Crippen molar-refractivity contribution in [2.24, 2.45) is 0 Å². The molecule has 0 saturated carbocycles. The van der Waals surface area contributed by atoms with E-state index >= 15 is 0 Å². The second kappa shape index (κ2) is 10.00. The predicted octanol–water partition coefficient (Wildman–Crippen LogP) is 5.54. The Morgan fingerprint density at radius 1 is 0.815 bits per heavy atom. The van der Waals surface area contributed by atoms with E-state index in [2.05, 4.69) is 26.8 Å². The second-order valence-electron chi connectivity index (χ2n) is 5.98. The van der Waals surface area contributed by atoms with Gasteiger partial charge >= 0.3 is 0 Å². The molecule has 5 heteroatoms. The van der Waals surface area contributed by atoms with Gasteiger partial charge in [0.25, 0.3) is 0 Å². The summed E-state index contributed by atoms with van der Waals surface area (Å²) in [6, 6.07) is 24.1. The third kappa shape index (κ3) is 6.01. The van der Waals surface area contributed by atoms with Gasteiger partial charge in [0.15, 0.2) is 11.5 Å². The molecule has 3 aromatic carbocycles. The standard InChI is InChI=1S/C22H23BrN2O2/c1-2-26-22-14-17(15-24-25-20-9-4-3-5-10-20)11-12-21(22)27-16-18-7-6-8-19(23)13-18/h3-14,24-25H,2,15-16H2,1H3. The van der Waals surface area contributed by atoms with Gasteiger partial charge < -0.3 is 14.9 Å². The molecule has 0 amide bonds. The minimum atomic E-state index is 0.493. The van der Waals surface area contributed by atoms with Gasteiger partial charge in [0.2, 0.25) is 0 Å². The number of halogens is 1. The monoisotopic (exact) mass is 426 g/mol. The number of hydrazine groups is 1. The van der Waals surface area contributed by atoms with Gasteiger partial charge in [0.05, 0.1) is 6.61 Å². The first-order valence-corrected chi connectivity index (χ1v) is 9.71. The number of benzene rings is 3. The molecule has 3 rings (SSSR count). The molecule has 0 saturated heterocycles. The van der Waals surface area contributed by atoms with Gasteiger partial charge in [-0.15, -0.1) is 0 Å². The third-order valence-corrected chi connectivity index (χ3v) is 4.38. The Morgan fingerprint density at radius 3 is 2.44 bits per heavy atom. The zero-order chi connectivity index (χ0) is 18.9. The summed E-state index contributed by atoms with van der Waals surface area (Å²) in [7, 11) is 0. The van der Waals surface area contributed by atoms with E-state index in [1.54, 1.807) is 0 Å². The molecule has 0 fully saturated rings. The zero-order valence-corrected chi connectivity index (χ0v) is 16.8. The van der Waals surface area contributed by atoms with E-state index in [-0.39, 0.29) is 0 Å². The maximum absolute atomic E-state index is 5.98. The molecule has 0 spiro atoms. The molecule has 0 aliphatic heterocycles. The minimum Gasteiger partial charge on any atom is -0.490 e. The summed E-state index contributed by atoms with van der Waals surface area (Å²) in [5, 5.41) is 0. The molecule has 0 aliphatic carbocycles. The van der Waals surface area contributed by atoms with Gasteiger partial charge in [0, 0.05) is 16.7 Å². The minimum absolute atomic E-state index is 0.493. The summed E-state index contributed by atoms with van der Waals surface area (Å²) in [5.74, 6) is 1.50. The smallest absolute Gasteiger partial charge is 0.161 e. The maximum atomic E-state index is 5.98. The summed E-state index contributed by atoms with van der Waals surface area (Å²) < 4.78 is 12.8. The van der Waals surface area contributed by atoms with E-state index in [9.17, 15) is 0 Å². The maximum Gasteiger partial charge on any atom is 0.161 e. The van der Waals surface area contributed by atoms with Crippen LogP contribution in [0, 0.1) is 0 Å². The molecule has 140 valence electrons. The topological polar surface area (TPSA) is 42.5 Å². The molecule has 0 radical (unpaired) electrons. The van der Waals surface area contributed by atoms with Crippen LogP contribution in [0.4, 0.5) is 5.69 Å². The van der Waals surface area contributed by atoms with Gasteiger partial charge in [-0.3, -0.25) is 0 Å². The number of hydrogen-bond acceptors (Lipinski definition) is 4. The van der Waals surface area contributed by atoms with Crippen LogP contribution in [0.15, 0.2) is 77.3 Å². The van der Waals surface area contributed by atoms with Crippen LogP contribution in [-0.4, -0.2) is 6.61 Å². The quantitative estimate of drug-likeness (QED) is 0.440. The first-order chi connectivity index (χ1) is 13.2. The highest BCUT2D eigenvalue weighted by molar-refractivity contribution is 9.10. The molecule has 0 bridgehead atoms. The lowest BCUT2D eigenvalue weighted by atomic mass is 10.2. The fourth-order valence-corrected chi connectivity index (χ4v) is 3.05.